The molecule has 60 heavy (non-hydrogen) atoms. The van der Waals surface area contributed by atoms with Gasteiger partial charge in [-0.2, -0.15) is 0 Å². The maximum absolute atomic E-state index is 5.30. The fourth-order valence-electron chi connectivity index (χ4n) is 9.54. The molecule has 0 bridgehead atoms. The number of pyridine rings is 4. The molecule has 4 aliphatic heterocycles. The van der Waals surface area contributed by atoms with Gasteiger partial charge in [-0.25, -0.2) is 19.9 Å². The third-order valence-corrected chi connectivity index (χ3v) is 12.6. The van der Waals surface area contributed by atoms with Crippen LogP contribution in [0.4, 0.5) is 11.6 Å². The van der Waals surface area contributed by atoms with E-state index in [4.69, 9.17) is 29.9 Å². The van der Waals surface area contributed by atoms with Crippen molar-refractivity contribution in [1.82, 2.24) is 29.7 Å². The normalized spacial score (nSPS) is 16.9. The summed E-state index contributed by atoms with van der Waals surface area (Å²) in [5, 5.41) is 4.32. The molecule has 0 radical (unpaired) electrons. The Morgan fingerprint density at radius 1 is 0.350 bits per heavy atom. The fraction of sp³-hybridized carbons (Fsp3) is 0.240. The lowest BCUT2D eigenvalue weighted by atomic mass is 9.98. The molecular weight excluding hydrogens is 741 g/mol. The summed E-state index contributed by atoms with van der Waals surface area (Å²) in [6.07, 6.45) is 4.42. The standard InChI is InChI=1S/C50H44N10/c1-7-37(31-39(9-1)41-19-15-33-11-13-35-17-21-43(55-47(35)45(33)53-41)59-29-5-27-57-25-3-23-51-49(57)59)38-8-2-10-40(32-38)42-20-16-34-12-14-36-18-22-44(56-48(36)46(34)54-42)60-30-6-28-58-26-4-24-52-50(58)60/h1-2,7-22,31-32H,3-6,23-30H2. The lowest BCUT2D eigenvalue weighted by Gasteiger charge is -2.40. The van der Waals surface area contributed by atoms with Gasteiger partial charge in [0.1, 0.15) is 11.6 Å². The van der Waals surface area contributed by atoms with Crippen molar-refractivity contribution in [2.75, 3.05) is 62.2 Å². The van der Waals surface area contributed by atoms with E-state index in [1.54, 1.807) is 0 Å². The summed E-state index contributed by atoms with van der Waals surface area (Å²) in [5.74, 6) is 4.00. The number of hydrogen-bond donors (Lipinski definition) is 0. The third-order valence-electron chi connectivity index (χ3n) is 12.6. The number of anilines is 2. The van der Waals surface area contributed by atoms with Gasteiger partial charge >= 0.3 is 0 Å². The zero-order chi connectivity index (χ0) is 39.6. The molecule has 8 aromatic rings. The predicted octanol–water partition coefficient (Wildman–Crippen LogP) is 9.42. The summed E-state index contributed by atoms with van der Waals surface area (Å²) < 4.78 is 0. The van der Waals surface area contributed by atoms with Gasteiger partial charge in [0.25, 0.3) is 0 Å². The van der Waals surface area contributed by atoms with Crippen molar-refractivity contribution in [2.45, 2.75) is 25.7 Å². The van der Waals surface area contributed by atoms with Crippen molar-refractivity contribution in [3.8, 4) is 33.6 Å². The minimum absolute atomic E-state index is 0.874. The quantitative estimate of drug-likeness (QED) is 0.160. The van der Waals surface area contributed by atoms with Crippen LogP contribution in [-0.4, -0.2) is 94.0 Å². The van der Waals surface area contributed by atoms with Crippen LogP contribution in [0.5, 0.6) is 0 Å². The minimum atomic E-state index is 0.874. The highest BCUT2D eigenvalue weighted by atomic mass is 15.4. The van der Waals surface area contributed by atoms with E-state index in [2.05, 4.69) is 141 Å². The molecule has 0 unspecified atom stereocenters. The SMILES string of the molecule is c1cc(-c2cccc(-c3ccc4ccc5ccc(N6CCCN7CCCN=C76)nc5c4n3)c2)cc(-c2ccc3ccc4ccc(N5CCCN6CCCN=C65)nc4c3n2)c1. The van der Waals surface area contributed by atoms with Crippen molar-refractivity contribution < 1.29 is 0 Å². The number of fused-ring (bicyclic) bond motifs is 8. The van der Waals surface area contributed by atoms with Gasteiger partial charge in [-0.3, -0.25) is 19.8 Å². The van der Waals surface area contributed by atoms with Gasteiger partial charge in [-0.1, -0.05) is 72.8 Å². The maximum Gasteiger partial charge on any atom is 0.202 e. The smallest absolute Gasteiger partial charge is 0.202 e. The first-order valence-electron chi connectivity index (χ1n) is 21.5. The highest BCUT2D eigenvalue weighted by molar-refractivity contribution is 6.07. The lowest BCUT2D eigenvalue weighted by molar-refractivity contribution is 0.359. The first kappa shape index (κ1) is 35.0. The van der Waals surface area contributed by atoms with Gasteiger partial charge in [0.15, 0.2) is 0 Å². The largest absolute Gasteiger partial charge is 0.342 e. The Hall–Kier alpha value is -6.94. The average molecular weight is 785 g/mol. The highest BCUT2D eigenvalue weighted by Crippen LogP contribution is 2.34. The molecule has 10 heteroatoms. The van der Waals surface area contributed by atoms with E-state index in [-0.39, 0.29) is 0 Å². The van der Waals surface area contributed by atoms with Crippen LogP contribution in [0, 0.1) is 0 Å². The molecule has 294 valence electrons. The molecule has 0 N–H and O–H groups in total. The summed E-state index contributed by atoms with van der Waals surface area (Å²) in [6.45, 7) is 7.84. The fourth-order valence-corrected chi connectivity index (χ4v) is 9.54. The number of nitrogens with zero attached hydrogens (tertiary/aromatic N) is 10. The number of benzene rings is 4. The molecule has 0 amide bonds. The van der Waals surface area contributed by atoms with Crippen LogP contribution in [0.2, 0.25) is 0 Å². The first-order chi connectivity index (χ1) is 29.7. The van der Waals surface area contributed by atoms with E-state index in [9.17, 15) is 0 Å². The summed E-state index contributed by atoms with van der Waals surface area (Å²) in [4.78, 5) is 40.4. The van der Waals surface area contributed by atoms with Gasteiger partial charge in [0.2, 0.25) is 11.9 Å². The van der Waals surface area contributed by atoms with Crippen LogP contribution < -0.4 is 9.80 Å². The Morgan fingerprint density at radius 2 is 0.733 bits per heavy atom. The minimum Gasteiger partial charge on any atom is -0.342 e. The second kappa shape index (κ2) is 14.4. The first-order valence-corrected chi connectivity index (χ1v) is 21.5. The Balaban J connectivity index is 0.879. The number of guanidine groups is 2. The number of rotatable bonds is 5. The predicted molar refractivity (Wildman–Crippen MR) is 245 cm³/mol. The van der Waals surface area contributed by atoms with E-state index in [1.165, 1.54) is 0 Å². The van der Waals surface area contributed by atoms with E-state index in [0.29, 0.717) is 0 Å². The number of aromatic nitrogens is 4. The van der Waals surface area contributed by atoms with Crippen LogP contribution in [0.15, 0.2) is 131 Å². The van der Waals surface area contributed by atoms with Crippen LogP contribution in [0.3, 0.4) is 0 Å². The van der Waals surface area contributed by atoms with Crippen molar-refractivity contribution >= 4 is 67.2 Å². The van der Waals surface area contributed by atoms with E-state index >= 15 is 0 Å². The number of hydrogen-bond acceptors (Lipinski definition) is 10. The van der Waals surface area contributed by atoms with Crippen LogP contribution >= 0.6 is 0 Å². The van der Waals surface area contributed by atoms with Crippen molar-refractivity contribution in [2.24, 2.45) is 9.98 Å². The monoisotopic (exact) mass is 784 g/mol. The summed E-state index contributed by atoms with van der Waals surface area (Å²) in [7, 11) is 0. The van der Waals surface area contributed by atoms with Gasteiger partial charge in [0, 0.05) is 85.0 Å². The van der Waals surface area contributed by atoms with Gasteiger partial charge in [0.05, 0.1) is 33.5 Å². The molecule has 4 aromatic heterocycles. The van der Waals surface area contributed by atoms with Gasteiger partial charge in [-0.15, -0.1) is 0 Å². The number of aliphatic imine (C=N–C) groups is 2. The van der Waals surface area contributed by atoms with Gasteiger partial charge < -0.3 is 9.80 Å². The molecular formula is C50H44N10. The Labute approximate surface area is 348 Å². The van der Waals surface area contributed by atoms with Crippen molar-refractivity contribution in [3.05, 3.63) is 121 Å². The zero-order valence-electron chi connectivity index (χ0n) is 33.5. The van der Waals surface area contributed by atoms with E-state index in [1.807, 2.05) is 0 Å². The summed E-state index contributed by atoms with van der Waals surface area (Å²) in [6, 6.07) is 43.2. The molecule has 2 fully saturated rings. The van der Waals surface area contributed by atoms with Crippen molar-refractivity contribution in [3.63, 3.8) is 0 Å². The Morgan fingerprint density at radius 3 is 1.20 bits per heavy atom. The highest BCUT2D eigenvalue weighted by Gasteiger charge is 2.29. The molecule has 0 spiro atoms. The second-order valence-electron chi connectivity index (χ2n) is 16.4. The van der Waals surface area contributed by atoms with Crippen LogP contribution in [-0.2, 0) is 0 Å². The van der Waals surface area contributed by atoms with Crippen LogP contribution in [0.25, 0.3) is 77.3 Å². The maximum atomic E-state index is 5.30. The molecule has 0 atom stereocenters. The van der Waals surface area contributed by atoms with Gasteiger partial charge in [-0.05, 0) is 85.3 Å². The molecule has 4 aliphatic rings. The van der Waals surface area contributed by atoms with Crippen LogP contribution in [0.1, 0.15) is 25.7 Å². The zero-order valence-corrected chi connectivity index (χ0v) is 33.5. The molecule has 10 nitrogen and oxygen atoms in total. The third kappa shape index (κ3) is 6.08. The van der Waals surface area contributed by atoms with Crippen molar-refractivity contribution in [1.29, 1.82) is 0 Å². The summed E-state index contributed by atoms with van der Waals surface area (Å²) >= 11 is 0. The molecule has 2 saturated heterocycles. The molecule has 0 aliphatic carbocycles. The molecule has 4 aromatic carbocycles. The van der Waals surface area contributed by atoms with E-state index < -0.39 is 0 Å². The lowest BCUT2D eigenvalue weighted by Crippen LogP contribution is -2.52. The van der Waals surface area contributed by atoms with E-state index in [0.717, 1.165) is 179 Å². The molecule has 0 saturated carbocycles. The Kier molecular flexibility index (Phi) is 8.41. The summed E-state index contributed by atoms with van der Waals surface area (Å²) in [5.41, 5.74) is 9.87. The topological polar surface area (TPSA) is 89.2 Å². The average Bonchev–Trinajstić information content (AvgIpc) is 3.33. The molecule has 12 rings (SSSR count). The Bertz CT molecular complexity index is 2860. The molecule has 8 heterocycles. The second-order valence-corrected chi connectivity index (χ2v) is 16.4.